The molecule has 0 radical (unpaired) electrons. The van der Waals surface area contributed by atoms with E-state index in [1.165, 1.54) is 0 Å². The number of hydrogen-bond acceptors (Lipinski definition) is 4. The fourth-order valence-electron chi connectivity index (χ4n) is 1.91. The van der Waals surface area contributed by atoms with Crippen LogP contribution in [0.4, 0.5) is 17.1 Å². The molecular formula is C16H19N3O. The van der Waals surface area contributed by atoms with E-state index in [2.05, 4.69) is 15.5 Å². The summed E-state index contributed by atoms with van der Waals surface area (Å²) in [6.07, 6.45) is 0. The minimum Gasteiger partial charge on any atom is -0.494 e. The van der Waals surface area contributed by atoms with Crippen molar-refractivity contribution in [3.05, 3.63) is 47.5 Å². The maximum Gasteiger partial charge on any atom is 0.146 e. The van der Waals surface area contributed by atoms with Gasteiger partial charge in [-0.15, -0.1) is 5.11 Å². The summed E-state index contributed by atoms with van der Waals surface area (Å²) < 4.78 is 5.29. The number of nitrogens with zero attached hydrogens (tertiary/aromatic N) is 2. The first kappa shape index (κ1) is 14.1. The molecule has 0 unspecified atom stereocenters. The third-order valence-electron chi connectivity index (χ3n) is 3.09. The van der Waals surface area contributed by atoms with Crippen molar-refractivity contribution in [3.8, 4) is 5.75 Å². The molecule has 4 nitrogen and oxygen atoms in total. The average Bonchev–Trinajstić information content (AvgIpc) is 2.46. The van der Waals surface area contributed by atoms with Gasteiger partial charge in [-0.3, -0.25) is 0 Å². The Labute approximate surface area is 119 Å². The molecule has 0 saturated heterocycles. The molecule has 2 aromatic rings. The van der Waals surface area contributed by atoms with Gasteiger partial charge in [0.15, 0.2) is 0 Å². The molecule has 2 rings (SSSR count). The summed E-state index contributed by atoms with van der Waals surface area (Å²) in [4.78, 5) is 0. The predicted molar refractivity (Wildman–Crippen MR) is 82.6 cm³/mol. The van der Waals surface area contributed by atoms with Crippen LogP contribution >= 0.6 is 0 Å². The van der Waals surface area contributed by atoms with Crippen LogP contribution in [0, 0.1) is 13.8 Å². The molecule has 0 aliphatic rings. The van der Waals surface area contributed by atoms with Crippen LogP contribution < -0.4 is 10.1 Å². The van der Waals surface area contributed by atoms with Gasteiger partial charge in [0.05, 0.1) is 12.8 Å². The van der Waals surface area contributed by atoms with Gasteiger partial charge in [-0.25, -0.2) is 0 Å². The van der Waals surface area contributed by atoms with Crippen molar-refractivity contribution in [2.24, 2.45) is 10.2 Å². The average molecular weight is 269 g/mol. The van der Waals surface area contributed by atoms with E-state index in [0.717, 1.165) is 33.9 Å². The molecule has 0 aromatic heterocycles. The van der Waals surface area contributed by atoms with Crippen LogP contribution in [0.25, 0.3) is 0 Å². The summed E-state index contributed by atoms with van der Waals surface area (Å²) in [6, 6.07) is 11.8. The van der Waals surface area contributed by atoms with Crippen molar-refractivity contribution in [1.29, 1.82) is 0 Å². The van der Waals surface area contributed by atoms with Crippen molar-refractivity contribution in [2.45, 2.75) is 13.8 Å². The van der Waals surface area contributed by atoms with E-state index >= 15 is 0 Å². The molecule has 4 heteroatoms. The third kappa shape index (κ3) is 3.15. The number of aryl methyl sites for hydroxylation is 2. The van der Waals surface area contributed by atoms with Crippen LogP contribution in [-0.2, 0) is 0 Å². The molecule has 104 valence electrons. The van der Waals surface area contributed by atoms with Gasteiger partial charge in [-0.2, -0.15) is 5.11 Å². The van der Waals surface area contributed by atoms with Gasteiger partial charge in [0.2, 0.25) is 0 Å². The maximum atomic E-state index is 5.29. The fourth-order valence-corrected chi connectivity index (χ4v) is 1.91. The van der Waals surface area contributed by atoms with E-state index in [9.17, 15) is 0 Å². The van der Waals surface area contributed by atoms with Crippen LogP contribution in [0.2, 0.25) is 0 Å². The quantitative estimate of drug-likeness (QED) is 0.813. The Morgan fingerprint density at radius 3 is 2.35 bits per heavy atom. The van der Waals surface area contributed by atoms with Crippen molar-refractivity contribution in [3.63, 3.8) is 0 Å². The van der Waals surface area contributed by atoms with E-state index < -0.39 is 0 Å². The molecule has 0 bridgehead atoms. The van der Waals surface area contributed by atoms with Gasteiger partial charge < -0.3 is 10.1 Å². The lowest BCUT2D eigenvalue weighted by Gasteiger charge is -2.05. The van der Waals surface area contributed by atoms with Crippen molar-refractivity contribution in [1.82, 2.24) is 0 Å². The second-order valence-electron chi connectivity index (χ2n) is 4.63. The van der Waals surface area contributed by atoms with Crippen LogP contribution in [0.15, 0.2) is 46.6 Å². The minimum atomic E-state index is 0.726. The molecule has 0 saturated carbocycles. The summed E-state index contributed by atoms with van der Waals surface area (Å²) in [7, 11) is 3.53. The van der Waals surface area contributed by atoms with Gasteiger partial charge in [0.25, 0.3) is 0 Å². The van der Waals surface area contributed by atoms with Crippen molar-refractivity contribution < 1.29 is 4.74 Å². The largest absolute Gasteiger partial charge is 0.494 e. The molecule has 0 fully saturated rings. The van der Waals surface area contributed by atoms with E-state index in [-0.39, 0.29) is 0 Å². The summed E-state index contributed by atoms with van der Waals surface area (Å²) in [5, 5.41) is 11.7. The number of azo groups is 1. The standard InChI is InChI=1S/C16H19N3O/c1-11-5-8-16(20-4)15(9-11)19-18-14-7-6-13(17-3)10-12(14)2/h5-10,17H,1-4H3. The molecule has 0 amide bonds. The van der Waals surface area contributed by atoms with Gasteiger partial charge in [-0.1, -0.05) is 6.07 Å². The Morgan fingerprint density at radius 2 is 1.70 bits per heavy atom. The first-order valence-electron chi connectivity index (χ1n) is 6.49. The lowest BCUT2D eigenvalue weighted by Crippen LogP contribution is -1.87. The first-order valence-corrected chi connectivity index (χ1v) is 6.49. The number of anilines is 1. The topological polar surface area (TPSA) is 46.0 Å². The van der Waals surface area contributed by atoms with Crippen LogP contribution in [0.5, 0.6) is 5.75 Å². The monoisotopic (exact) mass is 269 g/mol. The molecule has 0 aliphatic heterocycles. The predicted octanol–water partition coefficient (Wildman–Crippen LogP) is 4.77. The Hall–Kier alpha value is -2.36. The Balaban J connectivity index is 2.31. The van der Waals surface area contributed by atoms with Crippen molar-refractivity contribution in [2.75, 3.05) is 19.5 Å². The summed E-state index contributed by atoms with van der Waals surface area (Å²) in [5.74, 6) is 0.726. The number of ether oxygens (including phenoxy) is 1. The normalized spacial score (nSPS) is 10.8. The summed E-state index contributed by atoms with van der Waals surface area (Å²) in [6.45, 7) is 4.04. The molecule has 2 aromatic carbocycles. The molecule has 0 spiro atoms. The molecule has 0 aliphatic carbocycles. The van der Waals surface area contributed by atoms with Gasteiger partial charge in [-0.05, 0) is 55.3 Å². The van der Waals surface area contributed by atoms with E-state index in [1.54, 1.807) is 7.11 Å². The van der Waals surface area contributed by atoms with Crippen LogP contribution in [0.1, 0.15) is 11.1 Å². The SMILES string of the molecule is CNc1ccc(N=Nc2cc(C)ccc2OC)c(C)c1. The highest BCUT2D eigenvalue weighted by molar-refractivity contribution is 5.57. The zero-order valence-electron chi connectivity index (χ0n) is 12.3. The number of benzene rings is 2. The fraction of sp³-hybridized carbons (Fsp3) is 0.250. The van der Waals surface area contributed by atoms with E-state index in [1.807, 2.05) is 57.3 Å². The summed E-state index contributed by atoms with van der Waals surface area (Å²) in [5.41, 5.74) is 4.86. The smallest absolute Gasteiger partial charge is 0.146 e. The Morgan fingerprint density at radius 1 is 0.950 bits per heavy atom. The molecule has 0 atom stereocenters. The number of nitrogens with one attached hydrogen (secondary N) is 1. The van der Waals surface area contributed by atoms with E-state index in [4.69, 9.17) is 4.74 Å². The van der Waals surface area contributed by atoms with Gasteiger partial charge in [0.1, 0.15) is 11.4 Å². The molecule has 20 heavy (non-hydrogen) atoms. The molecular weight excluding hydrogens is 250 g/mol. The van der Waals surface area contributed by atoms with E-state index in [0.29, 0.717) is 0 Å². The highest BCUT2D eigenvalue weighted by atomic mass is 16.5. The summed E-state index contributed by atoms with van der Waals surface area (Å²) >= 11 is 0. The number of rotatable bonds is 4. The number of hydrogen-bond donors (Lipinski definition) is 1. The second kappa shape index (κ2) is 6.19. The highest BCUT2D eigenvalue weighted by Crippen LogP contribution is 2.31. The second-order valence-corrected chi connectivity index (χ2v) is 4.63. The van der Waals surface area contributed by atoms with Gasteiger partial charge >= 0.3 is 0 Å². The Bertz CT molecular complexity index is 636. The maximum absolute atomic E-state index is 5.29. The van der Waals surface area contributed by atoms with Crippen LogP contribution in [0.3, 0.4) is 0 Å². The lowest BCUT2D eigenvalue weighted by atomic mass is 10.2. The lowest BCUT2D eigenvalue weighted by molar-refractivity contribution is 0.415. The van der Waals surface area contributed by atoms with Gasteiger partial charge in [0, 0.05) is 12.7 Å². The molecule has 0 heterocycles. The zero-order valence-corrected chi connectivity index (χ0v) is 12.3. The third-order valence-corrected chi connectivity index (χ3v) is 3.09. The number of methoxy groups -OCH3 is 1. The van der Waals surface area contributed by atoms with Crippen LogP contribution in [-0.4, -0.2) is 14.2 Å². The Kier molecular flexibility index (Phi) is 4.35. The molecule has 1 N–H and O–H groups in total. The zero-order chi connectivity index (χ0) is 14.5. The first-order chi connectivity index (χ1) is 9.63. The highest BCUT2D eigenvalue weighted by Gasteiger charge is 2.03. The minimum absolute atomic E-state index is 0.726. The van der Waals surface area contributed by atoms with Crippen molar-refractivity contribution >= 4 is 17.1 Å².